The van der Waals surface area contributed by atoms with Crippen LogP contribution in [0.25, 0.3) is 0 Å². The lowest BCUT2D eigenvalue weighted by atomic mass is 9.81. The van der Waals surface area contributed by atoms with E-state index >= 15 is 0 Å². The van der Waals surface area contributed by atoms with Crippen LogP contribution in [0.15, 0.2) is 18.2 Å². The number of methoxy groups -OCH3 is 1. The first-order chi connectivity index (χ1) is 8.19. The monoisotopic (exact) mass is 236 g/mol. The van der Waals surface area contributed by atoms with E-state index in [2.05, 4.69) is 0 Å². The SMILES string of the molecule is COc1ccc(CC(=O)CC2CCC2)cc1F. The Morgan fingerprint density at radius 3 is 2.76 bits per heavy atom. The van der Waals surface area contributed by atoms with E-state index in [1.54, 1.807) is 12.1 Å². The summed E-state index contributed by atoms with van der Waals surface area (Å²) in [5.74, 6) is 0.603. The van der Waals surface area contributed by atoms with Crippen LogP contribution in [0.5, 0.6) is 5.75 Å². The van der Waals surface area contributed by atoms with Crippen molar-refractivity contribution in [3.05, 3.63) is 29.6 Å². The number of benzene rings is 1. The molecule has 1 aliphatic rings. The van der Waals surface area contributed by atoms with Crippen molar-refractivity contribution in [2.75, 3.05) is 7.11 Å². The van der Waals surface area contributed by atoms with Gasteiger partial charge in [-0.1, -0.05) is 25.3 Å². The molecule has 0 unspecified atom stereocenters. The molecular weight excluding hydrogens is 219 g/mol. The average molecular weight is 236 g/mol. The minimum atomic E-state index is -0.401. The van der Waals surface area contributed by atoms with Crippen LogP contribution >= 0.6 is 0 Å². The summed E-state index contributed by atoms with van der Waals surface area (Å²) < 4.78 is 18.2. The fourth-order valence-corrected chi connectivity index (χ4v) is 2.14. The fraction of sp³-hybridized carbons (Fsp3) is 0.500. The Balaban J connectivity index is 1.93. The summed E-state index contributed by atoms with van der Waals surface area (Å²) in [6.45, 7) is 0. The molecule has 1 saturated carbocycles. The average Bonchev–Trinajstić information content (AvgIpc) is 2.24. The standard InChI is InChI=1S/C14H17FO2/c1-17-14-6-5-11(9-13(14)15)8-12(16)7-10-3-2-4-10/h5-6,9-10H,2-4,7-8H2,1H3. The highest BCUT2D eigenvalue weighted by Crippen LogP contribution is 2.30. The molecule has 1 aliphatic carbocycles. The van der Waals surface area contributed by atoms with Crippen molar-refractivity contribution < 1.29 is 13.9 Å². The molecule has 0 N–H and O–H groups in total. The van der Waals surface area contributed by atoms with Gasteiger partial charge in [-0.05, 0) is 23.6 Å². The number of hydrogen-bond donors (Lipinski definition) is 0. The van der Waals surface area contributed by atoms with Gasteiger partial charge in [0.25, 0.3) is 0 Å². The molecule has 1 fully saturated rings. The summed E-state index contributed by atoms with van der Waals surface area (Å²) in [6.07, 6.45) is 4.56. The number of halogens is 1. The molecule has 2 nitrogen and oxygen atoms in total. The van der Waals surface area contributed by atoms with Crippen molar-refractivity contribution in [2.24, 2.45) is 5.92 Å². The molecule has 0 bridgehead atoms. The Bertz CT molecular complexity index is 411. The van der Waals surface area contributed by atoms with Gasteiger partial charge in [-0.25, -0.2) is 4.39 Å². The summed E-state index contributed by atoms with van der Waals surface area (Å²) >= 11 is 0. The quantitative estimate of drug-likeness (QED) is 0.785. The van der Waals surface area contributed by atoms with Crippen LogP contribution in [0.2, 0.25) is 0 Å². The van der Waals surface area contributed by atoms with Gasteiger partial charge in [0.1, 0.15) is 5.78 Å². The zero-order chi connectivity index (χ0) is 12.3. The van der Waals surface area contributed by atoms with Crippen LogP contribution in [0.3, 0.4) is 0 Å². The van der Waals surface area contributed by atoms with E-state index in [0.717, 1.165) is 5.56 Å². The van der Waals surface area contributed by atoms with E-state index < -0.39 is 5.82 Å². The third kappa shape index (κ3) is 3.05. The largest absolute Gasteiger partial charge is 0.494 e. The number of Topliss-reactive ketones (excluding diaryl/α,β-unsaturated/α-hetero) is 1. The Labute approximate surface area is 101 Å². The summed E-state index contributed by atoms with van der Waals surface area (Å²) in [6, 6.07) is 4.71. The molecule has 2 rings (SSSR count). The Morgan fingerprint density at radius 1 is 1.47 bits per heavy atom. The number of carbonyl (C=O) groups excluding carboxylic acids is 1. The van der Waals surface area contributed by atoms with E-state index in [4.69, 9.17) is 4.74 Å². The molecule has 0 radical (unpaired) electrons. The normalized spacial score (nSPS) is 15.4. The molecule has 0 saturated heterocycles. The summed E-state index contributed by atoms with van der Waals surface area (Å²) in [5, 5.41) is 0. The molecule has 0 amide bonds. The minimum Gasteiger partial charge on any atom is -0.494 e. The lowest BCUT2D eigenvalue weighted by molar-refractivity contribution is -0.119. The van der Waals surface area contributed by atoms with Gasteiger partial charge in [-0.3, -0.25) is 4.79 Å². The predicted octanol–water partition coefficient (Wildman–Crippen LogP) is 3.14. The molecule has 3 heteroatoms. The van der Waals surface area contributed by atoms with Gasteiger partial charge in [0, 0.05) is 12.8 Å². The van der Waals surface area contributed by atoms with Gasteiger partial charge in [0.2, 0.25) is 0 Å². The second-order valence-corrected chi connectivity index (χ2v) is 4.69. The van der Waals surface area contributed by atoms with Crippen molar-refractivity contribution in [1.82, 2.24) is 0 Å². The maximum Gasteiger partial charge on any atom is 0.165 e. The van der Waals surface area contributed by atoms with Crippen LogP contribution < -0.4 is 4.74 Å². The highest BCUT2D eigenvalue weighted by molar-refractivity contribution is 5.81. The first kappa shape index (κ1) is 12.1. The second-order valence-electron chi connectivity index (χ2n) is 4.69. The number of ether oxygens (including phenoxy) is 1. The smallest absolute Gasteiger partial charge is 0.165 e. The van der Waals surface area contributed by atoms with Gasteiger partial charge in [0.15, 0.2) is 11.6 Å². The van der Waals surface area contributed by atoms with Gasteiger partial charge in [-0.2, -0.15) is 0 Å². The van der Waals surface area contributed by atoms with Crippen LogP contribution in [0.4, 0.5) is 4.39 Å². The van der Waals surface area contributed by atoms with E-state index in [-0.39, 0.29) is 11.5 Å². The Hall–Kier alpha value is -1.38. The number of rotatable bonds is 5. The third-order valence-electron chi connectivity index (χ3n) is 3.36. The number of hydrogen-bond acceptors (Lipinski definition) is 2. The predicted molar refractivity (Wildman–Crippen MR) is 63.6 cm³/mol. The number of carbonyl (C=O) groups is 1. The lowest BCUT2D eigenvalue weighted by Crippen LogP contribution is -2.17. The van der Waals surface area contributed by atoms with Gasteiger partial charge >= 0.3 is 0 Å². The van der Waals surface area contributed by atoms with Gasteiger partial charge < -0.3 is 4.74 Å². The van der Waals surface area contributed by atoms with Crippen molar-refractivity contribution in [3.8, 4) is 5.75 Å². The van der Waals surface area contributed by atoms with Crippen molar-refractivity contribution >= 4 is 5.78 Å². The fourth-order valence-electron chi connectivity index (χ4n) is 2.14. The maximum absolute atomic E-state index is 13.4. The molecule has 92 valence electrons. The first-order valence-electron chi connectivity index (χ1n) is 6.03. The number of ketones is 1. The summed E-state index contributed by atoms with van der Waals surface area (Å²) in [7, 11) is 1.43. The van der Waals surface area contributed by atoms with E-state index in [1.807, 2.05) is 0 Å². The van der Waals surface area contributed by atoms with Gasteiger partial charge in [0.05, 0.1) is 7.11 Å². The van der Waals surface area contributed by atoms with Crippen LogP contribution in [0.1, 0.15) is 31.2 Å². The topological polar surface area (TPSA) is 26.3 Å². The molecule has 0 aliphatic heterocycles. The molecular formula is C14H17FO2. The molecule has 0 heterocycles. The lowest BCUT2D eigenvalue weighted by Gasteiger charge is -2.24. The third-order valence-corrected chi connectivity index (χ3v) is 3.36. The van der Waals surface area contributed by atoms with Crippen molar-refractivity contribution in [1.29, 1.82) is 0 Å². The molecule has 0 aromatic heterocycles. The van der Waals surface area contributed by atoms with Crippen molar-refractivity contribution in [2.45, 2.75) is 32.1 Å². The highest BCUT2D eigenvalue weighted by Gasteiger charge is 2.20. The van der Waals surface area contributed by atoms with E-state index in [9.17, 15) is 9.18 Å². The zero-order valence-corrected chi connectivity index (χ0v) is 10.0. The van der Waals surface area contributed by atoms with Crippen LogP contribution in [-0.4, -0.2) is 12.9 Å². The van der Waals surface area contributed by atoms with Crippen LogP contribution in [-0.2, 0) is 11.2 Å². The Kier molecular flexibility index (Phi) is 3.77. The molecule has 0 atom stereocenters. The molecule has 17 heavy (non-hydrogen) atoms. The van der Waals surface area contributed by atoms with Gasteiger partial charge in [-0.15, -0.1) is 0 Å². The molecule has 1 aromatic rings. The minimum absolute atomic E-state index is 0.208. The molecule has 0 spiro atoms. The van der Waals surface area contributed by atoms with E-state index in [1.165, 1.54) is 32.4 Å². The maximum atomic E-state index is 13.4. The zero-order valence-electron chi connectivity index (χ0n) is 10.0. The highest BCUT2D eigenvalue weighted by atomic mass is 19.1. The van der Waals surface area contributed by atoms with Crippen LogP contribution in [0, 0.1) is 11.7 Å². The van der Waals surface area contributed by atoms with E-state index in [0.29, 0.717) is 18.8 Å². The second kappa shape index (κ2) is 5.30. The Morgan fingerprint density at radius 2 is 2.24 bits per heavy atom. The summed E-state index contributed by atoms with van der Waals surface area (Å²) in [4.78, 5) is 11.7. The molecule has 1 aromatic carbocycles. The summed E-state index contributed by atoms with van der Waals surface area (Å²) in [5.41, 5.74) is 0.729. The first-order valence-corrected chi connectivity index (χ1v) is 6.03. The van der Waals surface area contributed by atoms with Crippen molar-refractivity contribution in [3.63, 3.8) is 0 Å².